The molecular formula is C13H12N6O. The molecular weight excluding hydrogens is 256 g/mol. The number of anilines is 2. The van der Waals surface area contributed by atoms with Crippen LogP contribution in [0.15, 0.2) is 35.1 Å². The van der Waals surface area contributed by atoms with Crippen molar-refractivity contribution in [1.82, 2.24) is 20.1 Å². The predicted octanol–water partition coefficient (Wildman–Crippen LogP) is 1.67. The van der Waals surface area contributed by atoms with Crippen LogP contribution in [-0.2, 0) is 0 Å². The standard InChI is InChI=1S/C13H12N6O/c1-7-5-16-11(17-6-7)12-18-13(20-19-12)8-2-9(14)4-10(15)3-8/h2-6H,14-15H2,1H3. The van der Waals surface area contributed by atoms with Crippen LogP contribution in [-0.4, -0.2) is 20.1 Å². The summed E-state index contributed by atoms with van der Waals surface area (Å²) in [5.74, 6) is 1.05. The molecule has 100 valence electrons. The quantitative estimate of drug-likeness (QED) is 0.679. The lowest BCUT2D eigenvalue weighted by molar-refractivity contribution is 0.432. The zero-order valence-electron chi connectivity index (χ0n) is 10.7. The van der Waals surface area contributed by atoms with Crippen molar-refractivity contribution in [3.8, 4) is 23.1 Å². The van der Waals surface area contributed by atoms with Crippen molar-refractivity contribution in [2.45, 2.75) is 6.92 Å². The highest BCUT2D eigenvalue weighted by Gasteiger charge is 2.13. The first kappa shape index (κ1) is 12.1. The Hall–Kier alpha value is -2.96. The van der Waals surface area contributed by atoms with E-state index in [1.54, 1.807) is 30.6 Å². The van der Waals surface area contributed by atoms with Gasteiger partial charge >= 0.3 is 0 Å². The average molecular weight is 268 g/mol. The van der Waals surface area contributed by atoms with Crippen molar-refractivity contribution >= 4 is 11.4 Å². The second kappa shape index (κ2) is 4.61. The fraction of sp³-hybridized carbons (Fsp3) is 0.0769. The predicted molar refractivity (Wildman–Crippen MR) is 74.3 cm³/mol. The van der Waals surface area contributed by atoms with Gasteiger partial charge in [0.15, 0.2) is 0 Å². The van der Waals surface area contributed by atoms with Crippen LogP contribution >= 0.6 is 0 Å². The number of hydrogen-bond acceptors (Lipinski definition) is 7. The van der Waals surface area contributed by atoms with Crippen molar-refractivity contribution in [3.63, 3.8) is 0 Å². The van der Waals surface area contributed by atoms with E-state index in [0.29, 0.717) is 34.5 Å². The molecule has 0 saturated heterocycles. The third-order valence-corrected chi connectivity index (χ3v) is 2.63. The first-order valence-corrected chi connectivity index (χ1v) is 5.91. The molecule has 0 aliphatic rings. The van der Waals surface area contributed by atoms with E-state index in [9.17, 15) is 0 Å². The van der Waals surface area contributed by atoms with Gasteiger partial charge in [-0.15, -0.1) is 0 Å². The van der Waals surface area contributed by atoms with Crippen molar-refractivity contribution in [1.29, 1.82) is 0 Å². The molecule has 3 aromatic rings. The van der Waals surface area contributed by atoms with Gasteiger partial charge in [0.05, 0.1) is 0 Å². The lowest BCUT2D eigenvalue weighted by Crippen LogP contribution is -1.92. The molecule has 0 atom stereocenters. The van der Waals surface area contributed by atoms with Gasteiger partial charge in [0.1, 0.15) is 0 Å². The molecule has 0 bridgehead atoms. The largest absolute Gasteiger partial charge is 0.399 e. The number of nitrogens with two attached hydrogens (primary N) is 2. The fourth-order valence-corrected chi connectivity index (χ4v) is 1.74. The van der Waals surface area contributed by atoms with Crippen LogP contribution in [0.1, 0.15) is 5.56 Å². The molecule has 7 heteroatoms. The van der Waals surface area contributed by atoms with Crippen LogP contribution < -0.4 is 11.5 Å². The van der Waals surface area contributed by atoms with Crippen LogP contribution in [0.4, 0.5) is 11.4 Å². The van der Waals surface area contributed by atoms with E-state index in [4.69, 9.17) is 16.0 Å². The van der Waals surface area contributed by atoms with Gasteiger partial charge in [0, 0.05) is 29.3 Å². The highest BCUT2D eigenvalue weighted by molar-refractivity contribution is 5.67. The van der Waals surface area contributed by atoms with E-state index in [2.05, 4.69) is 20.1 Å². The van der Waals surface area contributed by atoms with Gasteiger partial charge in [-0.05, 0) is 30.7 Å². The molecule has 20 heavy (non-hydrogen) atoms. The molecule has 0 saturated carbocycles. The van der Waals surface area contributed by atoms with E-state index in [1.165, 1.54) is 0 Å². The Morgan fingerprint density at radius 1 is 0.950 bits per heavy atom. The monoisotopic (exact) mass is 268 g/mol. The summed E-state index contributed by atoms with van der Waals surface area (Å²) in [6, 6.07) is 5.08. The summed E-state index contributed by atoms with van der Waals surface area (Å²) < 4.78 is 5.19. The van der Waals surface area contributed by atoms with Crippen LogP contribution in [0.25, 0.3) is 23.1 Å². The summed E-state index contributed by atoms with van der Waals surface area (Å²) in [6.07, 6.45) is 3.38. The van der Waals surface area contributed by atoms with Crippen LogP contribution in [0.5, 0.6) is 0 Å². The van der Waals surface area contributed by atoms with E-state index < -0.39 is 0 Å². The molecule has 7 nitrogen and oxygen atoms in total. The fourth-order valence-electron chi connectivity index (χ4n) is 1.74. The SMILES string of the molecule is Cc1cnc(-c2noc(-c3cc(N)cc(N)c3)n2)nc1. The molecule has 3 rings (SSSR count). The molecule has 4 N–H and O–H groups in total. The summed E-state index contributed by atoms with van der Waals surface area (Å²) in [5, 5.41) is 3.86. The molecule has 0 aliphatic carbocycles. The Labute approximate surface area is 114 Å². The molecule has 1 aromatic carbocycles. The van der Waals surface area contributed by atoms with Gasteiger partial charge in [-0.2, -0.15) is 4.98 Å². The number of aromatic nitrogens is 4. The number of benzene rings is 1. The van der Waals surface area contributed by atoms with Crippen LogP contribution in [0, 0.1) is 6.92 Å². The van der Waals surface area contributed by atoms with Crippen molar-refractivity contribution in [2.24, 2.45) is 0 Å². The van der Waals surface area contributed by atoms with Gasteiger partial charge in [-0.25, -0.2) is 9.97 Å². The smallest absolute Gasteiger partial charge is 0.258 e. The highest BCUT2D eigenvalue weighted by Crippen LogP contribution is 2.24. The number of rotatable bonds is 2. The van der Waals surface area contributed by atoms with Crippen molar-refractivity contribution in [2.75, 3.05) is 11.5 Å². The molecule has 2 heterocycles. The molecule has 0 radical (unpaired) electrons. The highest BCUT2D eigenvalue weighted by atomic mass is 16.5. The molecule has 0 aliphatic heterocycles. The maximum absolute atomic E-state index is 5.74. The Bertz CT molecular complexity index is 730. The van der Waals surface area contributed by atoms with Crippen LogP contribution in [0.3, 0.4) is 0 Å². The Morgan fingerprint density at radius 2 is 1.60 bits per heavy atom. The molecule has 0 spiro atoms. The molecule has 0 fully saturated rings. The third kappa shape index (κ3) is 2.28. The van der Waals surface area contributed by atoms with Crippen molar-refractivity contribution in [3.05, 3.63) is 36.2 Å². The van der Waals surface area contributed by atoms with Gasteiger partial charge in [0.2, 0.25) is 11.6 Å². The van der Waals surface area contributed by atoms with Crippen molar-refractivity contribution < 1.29 is 4.52 Å². The first-order chi connectivity index (χ1) is 9.61. The lowest BCUT2D eigenvalue weighted by atomic mass is 10.2. The molecule has 0 amide bonds. The second-order valence-corrected chi connectivity index (χ2v) is 4.40. The number of nitrogen functional groups attached to an aromatic ring is 2. The first-order valence-electron chi connectivity index (χ1n) is 5.91. The third-order valence-electron chi connectivity index (χ3n) is 2.63. The molecule has 0 unspecified atom stereocenters. The molecule has 2 aromatic heterocycles. The van der Waals surface area contributed by atoms with Crippen LogP contribution in [0.2, 0.25) is 0 Å². The van der Waals surface area contributed by atoms with E-state index in [0.717, 1.165) is 5.56 Å². The van der Waals surface area contributed by atoms with E-state index in [1.807, 2.05) is 6.92 Å². The summed E-state index contributed by atoms with van der Waals surface area (Å²) >= 11 is 0. The Balaban J connectivity index is 1.99. The summed E-state index contributed by atoms with van der Waals surface area (Å²) in [7, 11) is 0. The second-order valence-electron chi connectivity index (χ2n) is 4.40. The average Bonchev–Trinajstić information content (AvgIpc) is 2.88. The summed E-state index contributed by atoms with van der Waals surface area (Å²) in [5.41, 5.74) is 14.2. The van der Waals surface area contributed by atoms with Gasteiger partial charge in [-0.3, -0.25) is 0 Å². The van der Waals surface area contributed by atoms with Gasteiger partial charge < -0.3 is 16.0 Å². The summed E-state index contributed by atoms with van der Waals surface area (Å²) in [6.45, 7) is 1.90. The minimum Gasteiger partial charge on any atom is -0.399 e. The summed E-state index contributed by atoms with van der Waals surface area (Å²) in [4.78, 5) is 12.5. The zero-order chi connectivity index (χ0) is 14.1. The number of hydrogen-bond donors (Lipinski definition) is 2. The Kier molecular flexibility index (Phi) is 2.79. The van der Waals surface area contributed by atoms with E-state index in [-0.39, 0.29) is 0 Å². The maximum atomic E-state index is 5.74. The zero-order valence-corrected chi connectivity index (χ0v) is 10.7. The van der Waals surface area contributed by atoms with Gasteiger partial charge in [0.25, 0.3) is 5.89 Å². The minimum absolute atomic E-state index is 0.320. The number of nitrogens with zero attached hydrogens (tertiary/aromatic N) is 4. The normalized spacial score (nSPS) is 10.7. The lowest BCUT2D eigenvalue weighted by Gasteiger charge is -1.99. The number of aryl methyl sites for hydroxylation is 1. The Morgan fingerprint density at radius 3 is 2.25 bits per heavy atom. The minimum atomic E-state index is 0.320. The van der Waals surface area contributed by atoms with Gasteiger partial charge in [-0.1, -0.05) is 5.16 Å². The topological polar surface area (TPSA) is 117 Å². The van der Waals surface area contributed by atoms with E-state index >= 15 is 0 Å². The maximum Gasteiger partial charge on any atom is 0.258 e.